The second-order valence-electron chi connectivity index (χ2n) is 6.90. The molecule has 0 aromatic heterocycles. The first kappa shape index (κ1) is 23.2. The molecule has 0 bridgehead atoms. The van der Waals surface area contributed by atoms with Crippen molar-refractivity contribution < 1.29 is 35.9 Å². The SMILES string of the molecule is Cc1cccc(C(C)C)c1NC(=O)C(=O)Nc1cc(C(F)(F)F)cc(C(F)(F)F)c1. The van der Waals surface area contributed by atoms with E-state index >= 15 is 0 Å². The average molecular weight is 432 g/mol. The van der Waals surface area contributed by atoms with Crippen LogP contribution in [0.4, 0.5) is 37.7 Å². The van der Waals surface area contributed by atoms with Gasteiger partial charge >= 0.3 is 24.2 Å². The number of carbonyl (C=O) groups is 2. The fourth-order valence-electron chi connectivity index (χ4n) is 2.73. The first-order chi connectivity index (χ1) is 13.7. The van der Waals surface area contributed by atoms with E-state index in [0.717, 1.165) is 5.56 Å². The second kappa shape index (κ2) is 8.37. The van der Waals surface area contributed by atoms with Gasteiger partial charge in [0.05, 0.1) is 11.1 Å². The number of nitrogens with one attached hydrogen (secondary N) is 2. The summed E-state index contributed by atoms with van der Waals surface area (Å²) in [6.07, 6.45) is -10.1. The lowest BCUT2D eigenvalue weighted by Gasteiger charge is -2.17. The van der Waals surface area contributed by atoms with E-state index in [-0.39, 0.29) is 12.0 Å². The van der Waals surface area contributed by atoms with Crippen LogP contribution >= 0.6 is 0 Å². The van der Waals surface area contributed by atoms with E-state index in [4.69, 9.17) is 0 Å². The van der Waals surface area contributed by atoms with Crippen molar-refractivity contribution in [3.63, 3.8) is 0 Å². The molecule has 0 fully saturated rings. The van der Waals surface area contributed by atoms with Crippen molar-refractivity contribution in [2.24, 2.45) is 0 Å². The molecule has 0 heterocycles. The van der Waals surface area contributed by atoms with E-state index in [9.17, 15) is 35.9 Å². The van der Waals surface area contributed by atoms with Crippen molar-refractivity contribution in [3.05, 3.63) is 58.7 Å². The van der Waals surface area contributed by atoms with Gasteiger partial charge in [0.1, 0.15) is 0 Å². The minimum absolute atomic E-state index is 0.0129. The lowest BCUT2D eigenvalue weighted by molar-refractivity contribution is -0.143. The molecule has 0 atom stereocenters. The van der Waals surface area contributed by atoms with Gasteiger partial charge in [-0.05, 0) is 42.2 Å². The van der Waals surface area contributed by atoms with Crippen molar-refractivity contribution in [1.29, 1.82) is 0 Å². The highest BCUT2D eigenvalue weighted by molar-refractivity contribution is 6.43. The van der Waals surface area contributed by atoms with Gasteiger partial charge in [-0.2, -0.15) is 26.3 Å². The number of aryl methyl sites for hydroxylation is 1. The van der Waals surface area contributed by atoms with Gasteiger partial charge in [0.15, 0.2) is 0 Å². The molecule has 0 saturated heterocycles. The number of para-hydroxylation sites is 1. The van der Waals surface area contributed by atoms with Crippen LogP contribution in [-0.2, 0) is 21.9 Å². The zero-order chi connectivity index (χ0) is 22.9. The molecule has 0 aliphatic carbocycles. The van der Waals surface area contributed by atoms with E-state index < -0.39 is 41.0 Å². The quantitative estimate of drug-likeness (QED) is 0.481. The van der Waals surface area contributed by atoms with Gasteiger partial charge < -0.3 is 10.6 Å². The smallest absolute Gasteiger partial charge is 0.318 e. The third-order valence-electron chi connectivity index (χ3n) is 4.22. The monoisotopic (exact) mass is 432 g/mol. The number of benzene rings is 2. The highest BCUT2D eigenvalue weighted by Gasteiger charge is 2.37. The molecule has 4 nitrogen and oxygen atoms in total. The van der Waals surface area contributed by atoms with E-state index in [1.165, 1.54) is 0 Å². The number of hydrogen-bond acceptors (Lipinski definition) is 2. The Labute approximate surface area is 168 Å². The molecule has 0 spiro atoms. The summed E-state index contributed by atoms with van der Waals surface area (Å²) in [5.41, 5.74) is -2.29. The predicted molar refractivity (Wildman–Crippen MR) is 99.0 cm³/mol. The third-order valence-corrected chi connectivity index (χ3v) is 4.22. The summed E-state index contributed by atoms with van der Waals surface area (Å²) in [7, 11) is 0. The first-order valence-electron chi connectivity index (χ1n) is 8.71. The summed E-state index contributed by atoms with van der Waals surface area (Å²) >= 11 is 0. The molecule has 10 heteroatoms. The molecular weight excluding hydrogens is 414 g/mol. The van der Waals surface area contributed by atoms with Crippen LogP contribution in [0.5, 0.6) is 0 Å². The molecule has 2 N–H and O–H groups in total. The molecule has 2 aromatic carbocycles. The highest BCUT2D eigenvalue weighted by atomic mass is 19.4. The van der Waals surface area contributed by atoms with Gasteiger partial charge in [0.2, 0.25) is 0 Å². The zero-order valence-corrected chi connectivity index (χ0v) is 16.1. The van der Waals surface area contributed by atoms with Crippen molar-refractivity contribution in [2.75, 3.05) is 10.6 Å². The van der Waals surface area contributed by atoms with E-state index in [1.54, 1.807) is 30.4 Å². The maximum atomic E-state index is 12.9. The van der Waals surface area contributed by atoms with Gasteiger partial charge in [0.25, 0.3) is 0 Å². The number of halogens is 6. The Morgan fingerprint density at radius 2 is 1.33 bits per heavy atom. The Bertz CT molecular complexity index is 932. The number of rotatable bonds is 3. The fourth-order valence-corrected chi connectivity index (χ4v) is 2.73. The van der Waals surface area contributed by atoms with Gasteiger partial charge in [-0.25, -0.2) is 0 Å². The molecular formula is C20H18F6N2O2. The molecule has 0 unspecified atom stereocenters. The van der Waals surface area contributed by atoms with Crippen LogP contribution in [-0.4, -0.2) is 11.8 Å². The van der Waals surface area contributed by atoms with Crippen LogP contribution in [0.2, 0.25) is 0 Å². The molecule has 30 heavy (non-hydrogen) atoms. The number of carbonyl (C=O) groups excluding carboxylic acids is 2. The maximum Gasteiger partial charge on any atom is 0.416 e. The van der Waals surface area contributed by atoms with Crippen LogP contribution in [0.15, 0.2) is 36.4 Å². The first-order valence-corrected chi connectivity index (χ1v) is 8.71. The Morgan fingerprint density at radius 3 is 1.80 bits per heavy atom. The molecule has 2 amide bonds. The summed E-state index contributed by atoms with van der Waals surface area (Å²) in [4.78, 5) is 24.4. The fraction of sp³-hybridized carbons (Fsp3) is 0.300. The second-order valence-corrected chi connectivity index (χ2v) is 6.90. The number of amides is 2. The lowest BCUT2D eigenvalue weighted by Crippen LogP contribution is -2.30. The number of alkyl halides is 6. The van der Waals surface area contributed by atoms with Crippen molar-refractivity contribution in [2.45, 2.75) is 39.0 Å². The zero-order valence-electron chi connectivity index (χ0n) is 16.1. The van der Waals surface area contributed by atoms with Crippen LogP contribution < -0.4 is 10.6 Å². The summed E-state index contributed by atoms with van der Waals surface area (Å²) in [6.45, 7) is 5.39. The van der Waals surface area contributed by atoms with Crippen molar-refractivity contribution in [3.8, 4) is 0 Å². The van der Waals surface area contributed by atoms with Gasteiger partial charge in [-0.3, -0.25) is 9.59 Å². The normalized spacial score (nSPS) is 12.1. The van der Waals surface area contributed by atoms with E-state index in [2.05, 4.69) is 5.32 Å². The summed E-state index contributed by atoms with van der Waals surface area (Å²) < 4.78 is 77.5. The number of hydrogen-bond donors (Lipinski definition) is 2. The average Bonchev–Trinajstić information content (AvgIpc) is 2.61. The third kappa shape index (κ3) is 5.52. The molecule has 0 radical (unpaired) electrons. The van der Waals surface area contributed by atoms with Crippen molar-refractivity contribution in [1.82, 2.24) is 0 Å². The predicted octanol–water partition coefficient (Wildman–Crippen LogP) is 5.73. The topological polar surface area (TPSA) is 58.2 Å². The van der Waals surface area contributed by atoms with Gasteiger partial charge in [-0.15, -0.1) is 0 Å². The van der Waals surface area contributed by atoms with Gasteiger partial charge in [0, 0.05) is 11.4 Å². The highest BCUT2D eigenvalue weighted by Crippen LogP contribution is 2.37. The van der Waals surface area contributed by atoms with E-state index in [1.807, 2.05) is 13.8 Å². The minimum atomic E-state index is -5.07. The molecule has 0 aliphatic heterocycles. The lowest BCUT2D eigenvalue weighted by atomic mass is 9.98. The van der Waals surface area contributed by atoms with Gasteiger partial charge in [-0.1, -0.05) is 32.0 Å². The minimum Gasteiger partial charge on any atom is -0.318 e. The van der Waals surface area contributed by atoms with Crippen LogP contribution in [0.3, 0.4) is 0 Å². The Morgan fingerprint density at radius 1 is 0.833 bits per heavy atom. The standard InChI is InChI=1S/C20H18F6N2O2/c1-10(2)15-6-4-5-11(3)16(15)28-18(30)17(29)27-14-8-12(19(21,22)23)7-13(9-14)20(24,25)26/h4-10H,1-3H3,(H,27,29)(H,28,30). The Balaban J connectivity index is 2.31. The Kier molecular flexibility index (Phi) is 6.48. The molecule has 0 aliphatic rings. The number of anilines is 2. The molecule has 2 aromatic rings. The van der Waals surface area contributed by atoms with Crippen LogP contribution in [0.25, 0.3) is 0 Å². The van der Waals surface area contributed by atoms with Crippen molar-refractivity contribution >= 4 is 23.2 Å². The summed E-state index contributed by atoms with van der Waals surface area (Å²) in [5, 5.41) is 4.18. The van der Waals surface area contributed by atoms with Crippen LogP contribution in [0, 0.1) is 6.92 Å². The largest absolute Gasteiger partial charge is 0.416 e. The van der Waals surface area contributed by atoms with Crippen LogP contribution in [0.1, 0.15) is 42.0 Å². The van der Waals surface area contributed by atoms with E-state index in [0.29, 0.717) is 23.4 Å². The Hall–Kier alpha value is -3.04. The molecule has 0 saturated carbocycles. The summed E-state index contributed by atoms with van der Waals surface area (Å²) in [5.74, 6) is -2.64. The summed E-state index contributed by atoms with van der Waals surface area (Å²) in [6, 6.07) is 5.75. The molecule has 2 rings (SSSR count). The maximum absolute atomic E-state index is 12.9. The molecule has 162 valence electrons.